The van der Waals surface area contributed by atoms with Crippen molar-refractivity contribution in [1.82, 2.24) is 9.88 Å². The molecule has 136 valence electrons. The zero-order valence-electron chi connectivity index (χ0n) is 15.5. The molecular weight excluding hydrogens is 342 g/mol. The number of para-hydroxylation sites is 1. The zero-order valence-corrected chi connectivity index (χ0v) is 16.4. The van der Waals surface area contributed by atoms with Crippen molar-refractivity contribution in [1.29, 1.82) is 5.41 Å². The van der Waals surface area contributed by atoms with E-state index in [-0.39, 0.29) is 5.41 Å². The second-order valence-electron chi connectivity index (χ2n) is 8.91. The summed E-state index contributed by atoms with van der Waals surface area (Å²) >= 11 is 1.56. The Kier molecular flexibility index (Phi) is 3.20. The van der Waals surface area contributed by atoms with E-state index >= 15 is 0 Å². The molecule has 1 aromatic carbocycles. The summed E-state index contributed by atoms with van der Waals surface area (Å²) in [5.41, 5.74) is 2.07. The average Bonchev–Trinajstić information content (AvgIpc) is 3.25. The highest BCUT2D eigenvalue weighted by Gasteiger charge is 2.63. The lowest BCUT2D eigenvalue weighted by molar-refractivity contribution is 0.0817. The summed E-state index contributed by atoms with van der Waals surface area (Å²) in [6.07, 6.45) is 3.65. The predicted molar refractivity (Wildman–Crippen MR) is 107 cm³/mol. The van der Waals surface area contributed by atoms with Gasteiger partial charge >= 0.3 is 0 Å². The number of hydrogen-bond donors (Lipinski definition) is 2. The maximum absolute atomic E-state index is 10.7. The number of amidine groups is 1. The monoisotopic (exact) mass is 367 g/mol. The highest BCUT2D eigenvalue weighted by Crippen LogP contribution is 2.67. The van der Waals surface area contributed by atoms with Crippen molar-refractivity contribution < 1.29 is 5.11 Å². The van der Waals surface area contributed by atoms with Gasteiger partial charge in [-0.05, 0) is 48.1 Å². The molecule has 2 N–H and O–H groups in total. The maximum Gasteiger partial charge on any atom is 0.135 e. The van der Waals surface area contributed by atoms with Gasteiger partial charge in [-0.15, -0.1) is 11.3 Å². The van der Waals surface area contributed by atoms with Gasteiger partial charge in [-0.25, -0.2) is 4.98 Å². The summed E-state index contributed by atoms with van der Waals surface area (Å²) < 4.78 is 1.10. The molecule has 0 radical (unpaired) electrons. The Bertz CT molecular complexity index is 926. The molecule has 3 aliphatic rings. The number of aliphatic hydroxyl groups excluding tert-OH is 1. The van der Waals surface area contributed by atoms with Gasteiger partial charge in [-0.3, -0.25) is 5.41 Å². The molecule has 2 bridgehead atoms. The third kappa shape index (κ3) is 1.90. The maximum atomic E-state index is 10.7. The van der Waals surface area contributed by atoms with Crippen LogP contribution in [0.5, 0.6) is 0 Å². The van der Waals surface area contributed by atoms with E-state index < -0.39 is 0 Å². The summed E-state index contributed by atoms with van der Waals surface area (Å²) in [5.74, 6) is 1.48. The van der Waals surface area contributed by atoms with Crippen LogP contribution in [0.3, 0.4) is 0 Å². The highest BCUT2D eigenvalue weighted by atomic mass is 32.1. The number of fused-ring (bicyclic) bond motifs is 3. The number of nitrogens with zero attached hydrogens (tertiary/aromatic N) is 2. The van der Waals surface area contributed by atoms with Crippen LogP contribution in [-0.2, 0) is 0 Å². The van der Waals surface area contributed by atoms with Gasteiger partial charge in [0.05, 0.1) is 22.3 Å². The number of benzene rings is 1. The molecular formula is C21H25N3OS. The van der Waals surface area contributed by atoms with Crippen LogP contribution in [0.2, 0.25) is 0 Å². The van der Waals surface area contributed by atoms with E-state index in [1.54, 1.807) is 11.3 Å². The van der Waals surface area contributed by atoms with Crippen molar-refractivity contribution in [2.45, 2.75) is 46.1 Å². The van der Waals surface area contributed by atoms with Gasteiger partial charge in [0.2, 0.25) is 0 Å². The molecule has 2 saturated carbocycles. The van der Waals surface area contributed by atoms with Crippen LogP contribution >= 0.6 is 11.3 Å². The molecule has 5 heteroatoms. The first-order valence-corrected chi connectivity index (χ1v) is 10.3. The first-order chi connectivity index (χ1) is 12.3. The van der Waals surface area contributed by atoms with Crippen molar-refractivity contribution >= 4 is 33.0 Å². The summed E-state index contributed by atoms with van der Waals surface area (Å²) in [6.45, 7) is 7.63. The van der Waals surface area contributed by atoms with E-state index in [4.69, 9.17) is 5.41 Å². The van der Waals surface area contributed by atoms with Crippen molar-refractivity contribution in [2.75, 3.05) is 6.54 Å². The molecule has 1 aromatic heterocycles. The Morgan fingerprint density at radius 1 is 1.27 bits per heavy atom. The molecule has 2 fully saturated rings. The number of aliphatic hydroxyl groups is 1. The predicted octanol–water partition coefficient (Wildman–Crippen LogP) is 5.07. The number of rotatable bonds is 2. The Morgan fingerprint density at radius 3 is 2.69 bits per heavy atom. The van der Waals surface area contributed by atoms with Gasteiger partial charge in [-0.1, -0.05) is 32.9 Å². The fourth-order valence-electron chi connectivity index (χ4n) is 5.70. The lowest BCUT2D eigenvalue weighted by atomic mass is 9.69. The average molecular weight is 368 g/mol. The fraction of sp³-hybridized carbons (Fsp3) is 0.524. The number of aromatic nitrogens is 1. The molecule has 0 unspecified atom stereocenters. The Labute approximate surface area is 158 Å². The van der Waals surface area contributed by atoms with E-state index in [1.165, 1.54) is 12.8 Å². The summed E-state index contributed by atoms with van der Waals surface area (Å²) in [6, 6.07) is 8.35. The van der Waals surface area contributed by atoms with Crippen LogP contribution in [0, 0.1) is 22.2 Å². The largest absolute Gasteiger partial charge is 0.510 e. The zero-order chi connectivity index (χ0) is 18.3. The lowest BCUT2D eigenvalue weighted by Gasteiger charge is -2.44. The van der Waals surface area contributed by atoms with Gasteiger partial charge in [0.15, 0.2) is 0 Å². The first-order valence-electron chi connectivity index (χ1n) is 9.46. The van der Waals surface area contributed by atoms with E-state index in [9.17, 15) is 5.11 Å². The number of hydrogen-bond acceptors (Lipinski definition) is 4. The fourth-order valence-corrected chi connectivity index (χ4v) is 6.74. The molecule has 2 aliphatic carbocycles. The van der Waals surface area contributed by atoms with Crippen LogP contribution in [0.15, 0.2) is 30.0 Å². The van der Waals surface area contributed by atoms with E-state index in [2.05, 4.69) is 30.7 Å². The van der Waals surface area contributed by atoms with Gasteiger partial charge in [0, 0.05) is 6.04 Å². The van der Waals surface area contributed by atoms with Gasteiger partial charge in [0.1, 0.15) is 16.6 Å². The van der Waals surface area contributed by atoms with E-state index in [0.717, 1.165) is 27.6 Å². The third-order valence-corrected chi connectivity index (χ3v) is 8.82. The molecule has 4 nitrogen and oxygen atoms in total. The molecule has 5 rings (SSSR count). The van der Waals surface area contributed by atoms with Crippen LogP contribution in [0.4, 0.5) is 0 Å². The molecule has 0 spiro atoms. The third-order valence-electron chi connectivity index (χ3n) is 7.76. The summed E-state index contributed by atoms with van der Waals surface area (Å²) in [5, 5.41) is 20.3. The second kappa shape index (κ2) is 5.10. The normalized spacial score (nSPS) is 33.0. The van der Waals surface area contributed by atoms with Crippen molar-refractivity contribution in [3.63, 3.8) is 0 Å². The van der Waals surface area contributed by atoms with Crippen molar-refractivity contribution in [3.05, 3.63) is 35.0 Å². The summed E-state index contributed by atoms with van der Waals surface area (Å²) in [7, 11) is 0. The minimum Gasteiger partial charge on any atom is -0.510 e. The first kappa shape index (κ1) is 16.3. The molecule has 26 heavy (non-hydrogen) atoms. The lowest BCUT2D eigenvalue weighted by Crippen LogP contribution is -2.48. The molecule has 3 atom stereocenters. The van der Waals surface area contributed by atoms with E-state index in [1.807, 2.05) is 24.3 Å². The Balaban J connectivity index is 1.50. The van der Waals surface area contributed by atoms with Gasteiger partial charge in [0.25, 0.3) is 0 Å². The second-order valence-corrected chi connectivity index (χ2v) is 9.94. The molecule has 2 heterocycles. The van der Waals surface area contributed by atoms with Crippen LogP contribution in [-0.4, -0.2) is 33.4 Å². The molecule has 0 saturated heterocycles. The van der Waals surface area contributed by atoms with Crippen molar-refractivity contribution in [3.8, 4) is 0 Å². The SMILES string of the molecule is CC1(C)[C@@H]2CC[C@]1(C)[C@@H](N1CC(O)=C(c3nc4ccccc4s3)C1=N)C2. The number of nitrogens with one attached hydrogen (secondary N) is 1. The molecule has 1 aliphatic heterocycles. The quantitative estimate of drug-likeness (QED) is 0.779. The van der Waals surface area contributed by atoms with Gasteiger partial charge < -0.3 is 10.0 Å². The number of thiazole rings is 1. The molecule has 0 amide bonds. The topological polar surface area (TPSA) is 60.2 Å². The Hall–Kier alpha value is -1.88. The van der Waals surface area contributed by atoms with Crippen LogP contribution in [0.25, 0.3) is 15.8 Å². The minimum atomic E-state index is 0.202. The Morgan fingerprint density at radius 2 is 2.04 bits per heavy atom. The molecule has 2 aromatic rings. The van der Waals surface area contributed by atoms with E-state index in [0.29, 0.717) is 35.2 Å². The minimum absolute atomic E-state index is 0.202. The van der Waals surface area contributed by atoms with Crippen molar-refractivity contribution in [2.24, 2.45) is 16.7 Å². The standard InChI is InChI=1S/C21H25N3OS/c1-20(2)12-8-9-21(20,3)16(10-12)24-11-14(25)17(18(24)22)19-23-13-6-4-5-7-15(13)26-19/h4-7,12,16,22,25H,8-11H2,1-3H3/t12-,16+,21-/m1/s1. The highest BCUT2D eigenvalue weighted by molar-refractivity contribution is 7.19. The smallest absolute Gasteiger partial charge is 0.135 e. The van der Waals surface area contributed by atoms with Crippen LogP contribution in [0.1, 0.15) is 45.0 Å². The summed E-state index contributed by atoms with van der Waals surface area (Å²) in [4.78, 5) is 6.83. The van der Waals surface area contributed by atoms with Gasteiger partial charge in [-0.2, -0.15) is 0 Å². The van der Waals surface area contributed by atoms with Crippen LogP contribution < -0.4 is 0 Å².